The van der Waals surface area contributed by atoms with Crippen LogP contribution in [0.15, 0.2) is 12.3 Å². The van der Waals surface area contributed by atoms with Crippen LogP contribution in [-0.2, 0) is 9.53 Å². The number of methoxy groups -OCH3 is 1. The van der Waals surface area contributed by atoms with Crippen molar-refractivity contribution in [3.05, 3.63) is 12.3 Å². The summed E-state index contributed by atoms with van der Waals surface area (Å²) in [4.78, 5) is 9.00. The molecule has 0 bridgehead atoms. The Morgan fingerprint density at radius 2 is 2.00 bits per heavy atom. The molecule has 0 aromatic carbocycles. The van der Waals surface area contributed by atoms with Crippen LogP contribution in [0.1, 0.15) is 13.8 Å². The third-order valence-electron chi connectivity index (χ3n) is 0.272. The highest BCUT2D eigenvalue weighted by molar-refractivity contribution is 5.62. The molecule has 0 aliphatic heterocycles. The van der Waals surface area contributed by atoms with E-state index in [1.807, 2.05) is 13.0 Å². The molecule has 0 aromatic rings. The molecule has 0 radical (unpaired) electrons. The zero-order chi connectivity index (χ0) is 7.70. The van der Waals surface area contributed by atoms with Gasteiger partial charge >= 0.3 is 0 Å². The largest absolute Gasteiger partial charge is 0.505 e. The second-order valence-corrected chi connectivity index (χ2v) is 1.22. The lowest BCUT2D eigenvalue weighted by atomic mass is 10.7. The van der Waals surface area contributed by atoms with Crippen LogP contribution in [0.25, 0.3) is 0 Å². The lowest BCUT2D eigenvalue weighted by Gasteiger charge is -1.76. The van der Waals surface area contributed by atoms with E-state index in [0.29, 0.717) is 0 Å². The first kappa shape index (κ1) is 10.9. The molecule has 0 aliphatic rings. The molecule has 0 spiro atoms. The third kappa shape index (κ3) is 172. The zero-order valence-corrected chi connectivity index (χ0v) is 5.92. The topological polar surface area (TPSA) is 46.5 Å². The molecule has 0 heterocycles. The van der Waals surface area contributed by atoms with Gasteiger partial charge in [-0.15, -0.1) is 0 Å². The molecule has 54 valence electrons. The van der Waals surface area contributed by atoms with Crippen molar-refractivity contribution in [2.75, 3.05) is 7.11 Å². The first-order valence-electron chi connectivity index (χ1n) is 2.48. The van der Waals surface area contributed by atoms with Gasteiger partial charge in [0.15, 0.2) is 0 Å². The number of allylic oxidation sites excluding steroid dienone is 1. The SMILES string of the molecule is CC(=O)O.CC=COC. The van der Waals surface area contributed by atoms with Crippen molar-refractivity contribution in [1.29, 1.82) is 0 Å². The van der Waals surface area contributed by atoms with Gasteiger partial charge in [0.25, 0.3) is 5.97 Å². The molecule has 3 heteroatoms. The van der Waals surface area contributed by atoms with Gasteiger partial charge in [0.1, 0.15) is 0 Å². The van der Waals surface area contributed by atoms with Crippen molar-refractivity contribution in [1.82, 2.24) is 0 Å². The first-order chi connectivity index (χ1) is 4.15. The van der Waals surface area contributed by atoms with E-state index in [1.165, 1.54) is 0 Å². The normalized spacial score (nSPS) is 7.89. The van der Waals surface area contributed by atoms with Crippen LogP contribution < -0.4 is 0 Å². The fraction of sp³-hybridized carbons (Fsp3) is 0.500. The molecule has 0 amide bonds. The lowest BCUT2D eigenvalue weighted by molar-refractivity contribution is -0.134. The van der Waals surface area contributed by atoms with Crippen molar-refractivity contribution in [3.8, 4) is 0 Å². The quantitative estimate of drug-likeness (QED) is 0.546. The minimum absolute atomic E-state index is 0.833. The maximum absolute atomic E-state index is 9.00. The van der Waals surface area contributed by atoms with Gasteiger partial charge in [-0.3, -0.25) is 4.79 Å². The molecule has 0 unspecified atom stereocenters. The van der Waals surface area contributed by atoms with Crippen LogP contribution in [0.4, 0.5) is 0 Å². The summed E-state index contributed by atoms with van der Waals surface area (Å²) >= 11 is 0. The van der Waals surface area contributed by atoms with Gasteiger partial charge in [-0.1, -0.05) is 6.08 Å². The maximum Gasteiger partial charge on any atom is 0.300 e. The number of carbonyl (C=O) groups is 1. The summed E-state index contributed by atoms with van der Waals surface area (Å²) in [6.45, 7) is 2.99. The van der Waals surface area contributed by atoms with Crippen molar-refractivity contribution >= 4 is 5.97 Å². The smallest absolute Gasteiger partial charge is 0.300 e. The van der Waals surface area contributed by atoms with Gasteiger partial charge in [-0.2, -0.15) is 0 Å². The van der Waals surface area contributed by atoms with Gasteiger partial charge in [-0.05, 0) is 6.92 Å². The Morgan fingerprint density at radius 1 is 1.67 bits per heavy atom. The Hall–Kier alpha value is -0.990. The van der Waals surface area contributed by atoms with Crippen LogP contribution in [0, 0.1) is 0 Å². The number of ether oxygens (including phenoxy) is 1. The molecule has 0 fully saturated rings. The predicted octanol–water partition coefficient (Wildman–Crippen LogP) is 1.26. The number of carboxylic acids is 1. The summed E-state index contributed by atoms with van der Waals surface area (Å²) in [5, 5.41) is 7.42. The summed E-state index contributed by atoms with van der Waals surface area (Å²) < 4.78 is 4.51. The van der Waals surface area contributed by atoms with Crippen molar-refractivity contribution < 1.29 is 14.6 Å². The third-order valence-corrected chi connectivity index (χ3v) is 0.272. The van der Waals surface area contributed by atoms with Gasteiger partial charge in [0.2, 0.25) is 0 Å². The Bertz CT molecular complexity index is 82.3. The molecule has 0 rings (SSSR count). The summed E-state index contributed by atoms with van der Waals surface area (Å²) in [6.07, 6.45) is 3.46. The van der Waals surface area contributed by atoms with Gasteiger partial charge < -0.3 is 9.84 Å². The molecule has 0 saturated carbocycles. The number of rotatable bonds is 1. The molecular weight excluding hydrogens is 120 g/mol. The highest BCUT2D eigenvalue weighted by atomic mass is 16.5. The number of aliphatic carboxylic acids is 1. The van der Waals surface area contributed by atoms with Crippen LogP contribution in [-0.4, -0.2) is 18.2 Å². The van der Waals surface area contributed by atoms with Crippen LogP contribution in [0.3, 0.4) is 0 Å². The molecule has 0 saturated heterocycles. The molecule has 0 atom stereocenters. The van der Waals surface area contributed by atoms with Crippen molar-refractivity contribution in [2.24, 2.45) is 0 Å². The van der Waals surface area contributed by atoms with E-state index in [4.69, 9.17) is 9.90 Å². The average Bonchev–Trinajstić information content (AvgIpc) is 1.66. The molecule has 1 N–H and O–H groups in total. The zero-order valence-electron chi connectivity index (χ0n) is 5.92. The van der Waals surface area contributed by atoms with Crippen molar-refractivity contribution in [3.63, 3.8) is 0 Å². The minimum atomic E-state index is -0.833. The fourth-order valence-corrected chi connectivity index (χ4v) is 0.136. The Kier molecular flexibility index (Phi) is 12.2. The van der Waals surface area contributed by atoms with E-state index in [-0.39, 0.29) is 0 Å². The van der Waals surface area contributed by atoms with Gasteiger partial charge in [0.05, 0.1) is 13.4 Å². The van der Waals surface area contributed by atoms with Crippen LogP contribution >= 0.6 is 0 Å². The Balaban J connectivity index is 0. The monoisotopic (exact) mass is 132 g/mol. The molecule has 3 nitrogen and oxygen atoms in total. The first-order valence-corrected chi connectivity index (χ1v) is 2.48. The highest BCUT2D eigenvalue weighted by Gasteiger charge is 1.65. The lowest BCUT2D eigenvalue weighted by Crippen LogP contribution is -1.78. The average molecular weight is 132 g/mol. The second-order valence-electron chi connectivity index (χ2n) is 1.22. The van der Waals surface area contributed by atoms with Crippen LogP contribution in [0.5, 0.6) is 0 Å². The standard InChI is InChI=1S/C4H8O.C2H4O2/c1-3-4-5-2;1-2(3)4/h3-4H,1-2H3;1H3,(H,3,4). The van der Waals surface area contributed by atoms with Crippen molar-refractivity contribution in [2.45, 2.75) is 13.8 Å². The number of hydrogen-bond donors (Lipinski definition) is 1. The predicted molar refractivity (Wildman–Crippen MR) is 35.1 cm³/mol. The summed E-state index contributed by atoms with van der Waals surface area (Å²) in [5.74, 6) is -0.833. The molecular formula is C6H12O3. The van der Waals surface area contributed by atoms with E-state index in [2.05, 4.69) is 4.74 Å². The number of carboxylic acid groups (broad SMARTS) is 1. The van der Waals surface area contributed by atoms with Gasteiger partial charge in [0, 0.05) is 6.92 Å². The summed E-state index contributed by atoms with van der Waals surface area (Å²) in [6, 6.07) is 0. The number of hydrogen-bond acceptors (Lipinski definition) is 2. The van der Waals surface area contributed by atoms with E-state index < -0.39 is 5.97 Å². The summed E-state index contributed by atoms with van der Waals surface area (Å²) in [7, 11) is 1.62. The Morgan fingerprint density at radius 3 is 2.00 bits per heavy atom. The highest BCUT2D eigenvalue weighted by Crippen LogP contribution is 1.64. The van der Waals surface area contributed by atoms with Gasteiger partial charge in [-0.25, -0.2) is 0 Å². The fourth-order valence-electron chi connectivity index (χ4n) is 0.136. The van der Waals surface area contributed by atoms with E-state index in [9.17, 15) is 0 Å². The van der Waals surface area contributed by atoms with E-state index in [1.54, 1.807) is 13.4 Å². The second kappa shape index (κ2) is 10.1. The molecule has 0 aromatic heterocycles. The minimum Gasteiger partial charge on any atom is -0.505 e. The van der Waals surface area contributed by atoms with Crippen LogP contribution in [0.2, 0.25) is 0 Å². The van der Waals surface area contributed by atoms with E-state index >= 15 is 0 Å². The maximum atomic E-state index is 9.00. The Labute approximate surface area is 54.9 Å². The summed E-state index contributed by atoms with van der Waals surface area (Å²) in [5.41, 5.74) is 0. The molecule has 9 heavy (non-hydrogen) atoms. The molecule has 0 aliphatic carbocycles. The van der Waals surface area contributed by atoms with E-state index in [0.717, 1.165) is 6.92 Å².